The molecule has 3 amide bonds. The molecule has 0 aliphatic rings. The monoisotopic (exact) mass is 475 g/mol. The van der Waals surface area contributed by atoms with Crippen LogP contribution in [-0.2, 0) is 14.3 Å². The zero-order chi connectivity index (χ0) is 26.1. The van der Waals surface area contributed by atoms with E-state index in [2.05, 4.69) is 17.6 Å². The first-order chi connectivity index (χ1) is 15.9. The third kappa shape index (κ3) is 8.33. The second-order valence-corrected chi connectivity index (χ2v) is 9.99. The number of nitrogens with one attached hydrogen (secondary N) is 2. The molecule has 192 valence electrons. The number of alkyl carbamates (subject to hydrolysis) is 1. The van der Waals surface area contributed by atoms with Gasteiger partial charge in [-0.2, -0.15) is 0 Å². The largest absolute Gasteiger partial charge is 0.444 e. The van der Waals surface area contributed by atoms with Crippen molar-refractivity contribution in [3.8, 4) is 0 Å². The van der Waals surface area contributed by atoms with E-state index in [1.54, 1.807) is 25.7 Å². The molecule has 34 heavy (non-hydrogen) atoms. The molecule has 1 aromatic carbocycles. The van der Waals surface area contributed by atoms with Crippen molar-refractivity contribution in [1.29, 1.82) is 0 Å². The highest BCUT2D eigenvalue weighted by atomic mass is 16.6. The molecule has 7 nitrogen and oxygen atoms in total. The molecule has 0 aliphatic carbocycles. The van der Waals surface area contributed by atoms with Crippen molar-refractivity contribution in [2.45, 2.75) is 99.3 Å². The van der Waals surface area contributed by atoms with Gasteiger partial charge in [0.05, 0.1) is 0 Å². The quantitative estimate of drug-likeness (QED) is 0.439. The first kappa shape index (κ1) is 29.5. The summed E-state index contributed by atoms with van der Waals surface area (Å²) in [6.07, 6.45) is 1.86. The van der Waals surface area contributed by atoms with Crippen LogP contribution in [-0.4, -0.2) is 47.5 Å². The summed E-state index contributed by atoms with van der Waals surface area (Å²) in [6.45, 7) is 17.9. The fourth-order valence-corrected chi connectivity index (χ4v) is 3.93. The Hall–Kier alpha value is -2.57. The van der Waals surface area contributed by atoms with Gasteiger partial charge in [-0.3, -0.25) is 9.59 Å². The SMILES string of the molecule is CCCCNC(=O)C(c1c(C)cccc1C)N(CC)C(=O)C(NC(=O)OC(C)(C)C)C(C)CC. The summed E-state index contributed by atoms with van der Waals surface area (Å²) >= 11 is 0. The number of amides is 3. The van der Waals surface area contributed by atoms with Crippen molar-refractivity contribution >= 4 is 17.9 Å². The number of ether oxygens (including phenoxy) is 1. The van der Waals surface area contributed by atoms with E-state index in [9.17, 15) is 14.4 Å². The first-order valence-electron chi connectivity index (χ1n) is 12.5. The number of unbranched alkanes of at least 4 members (excludes halogenated alkanes) is 1. The molecular weight excluding hydrogens is 430 g/mol. The Kier molecular flexibility index (Phi) is 11.6. The van der Waals surface area contributed by atoms with E-state index >= 15 is 0 Å². The van der Waals surface area contributed by atoms with Crippen molar-refractivity contribution in [3.05, 3.63) is 34.9 Å². The topological polar surface area (TPSA) is 87.7 Å². The summed E-state index contributed by atoms with van der Waals surface area (Å²) in [6, 6.07) is 4.26. The molecule has 0 spiro atoms. The number of rotatable bonds is 11. The fourth-order valence-electron chi connectivity index (χ4n) is 3.93. The Morgan fingerprint density at radius 2 is 1.65 bits per heavy atom. The zero-order valence-corrected chi connectivity index (χ0v) is 22.6. The molecule has 0 aromatic heterocycles. The summed E-state index contributed by atoms with van der Waals surface area (Å²) in [5, 5.41) is 5.80. The molecule has 3 unspecified atom stereocenters. The third-order valence-electron chi connectivity index (χ3n) is 5.98. The lowest BCUT2D eigenvalue weighted by atomic mass is 9.92. The van der Waals surface area contributed by atoms with Crippen LogP contribution in [0, 0.1) is 19.8 Å². The van der Waals surface area contributed by atoms with Crippen molar-refractivity contribution < 1.29 is 19.1 Å². The number of nitrogens with zero attached hydrogens (tertiary/aromatic N) is 1. The van der Waals surface area contributed by atoms with E-state index in [4.69, 9.17) is 4.74 Å². The number of hydrogen-bond donors (Lipinski definition) is 2. The maximum absolute atomic E-state index is 13.9. The van der Waals surface area contributed by atoms with Gasteiger partial charge in [0, 0.05) is 13.1 Å². The number of aryl methyl sites for hydroxylation is 2. The summed E-state index contributed by atoms with van der Waals surface area (Å²) < 4.78 is 5.42. The fraction of sp³-hybridized carbons (Fsp3) is 0.667. The van der Waals surface area contributed by atoms with Crippen LogP contribution in [0.25, 0.3) is 0 Å². The number of hydrogen-bond acceptors (Lipinski definition) is 4. The van der Waals surface area contributed by atoms with Gasteiger partial charge < -0.3 is 20.3 Å². The van der Waals surface area contributed by atoms with Crippen LogP contribution in [0.15, 0.2) is 18.2 Å². The van der Waals surface area contributed by atoms with Gasteiger partial charge in [0.1, 0.15) is 17.7 Å². The Bertz CT molecular complexity index is 811. The highest BCUT2D eigenvalue weighted by Crippen LogP contribution is 2.29. The van der Waals surface area contributed by atoms with Gasteiger partial charge in [-0.15, -0.1) is 0 Å². The molecule has 0 saturated carbocycles. The van der Waals surface area contributed by atoms with E-state index in [1.165, 1.54) is 0 Å². The van der Waals surface area contributed by atoms with Crippen LogP contribution < -0.4 is 10.6 Å². The molecule has 0 heterocycles. The standard InChI is InChI=1S/C27H45N3O4/c1-10-13-17-28-24(31)23(21-19(5)15-14-16-20(21)6)30(12-3)25(32)22(18(4)11-2)29-26(33)34-27(7,8)9/h14-16,18,22-23H,10-13,17H2,1-9H3,(H,28,31)(H,29,33). The maximum Gasteiger partial charge on any atom is 0.408 e. The Balaban J connectivity index is 3.44. The molecular formula is C27H45N3O4. The van der Waals surface area contributed by atoms with Gasteiger partial charge in [0.2, 0.25) is 11.8 Å². The Morgan fingerprint density at radius 1 is 1.06 bits per heavy atom. The molecule has 7 heteroatoms. The van der Waals surface area contributed by atoms with Crippen LogP contribution in [0.1, 0.15) is 90.5 Å². The molecule has 0 bridgehead atoms. The minimum Gasteiger partial charge on any atom is -0.444 e. The lowest BCUT2D eigenvalue weighted by molar-refractivity contribution is -0.143. The van der Waals surface area contributed by atoms with Crippen LogP contribution in [0.4, 0.5) is 4.79 Å². The van der Waals surface area contributed by atoms with Crippen molar-refractivity contribution in [2.75, 3.05) is 13.1 Å². The average Bonchev–Trinajstić information content (AvgIpc) is 2.74. The summed E-state index contributed by atoms with van der Waals surface area (Å²) in [7, 11) is 0. The molecule has 3 atom stereocenters. The number of benzene rings is 1. The Morgan fingerprint density at radius 3 is 2.12 bits per heavy atom. The third-order valence-corrected chi connectivity index (χ3v) is 5.98. The molecule has 0 aliphatic heterocycles. The highest BCUT2D eigenvalue weighted by Gasteiger charge is 2.38. The van der Waals surface area contributed by atoms with Gasteiger partial charge >= 0.3 is 6.09 Å². The summed E-state index contributed by atoms with van der Waals surface area (Å²) in [4.78, 5) is 41.6. The summed E-state index contributed by atoms with van der Waals surface area (Å²) in [5.41, 5.74) is 2.04. The van der Waals surface area contributed by atoms with Crippen molar-refractivity contribution in [2.24, 2.45) is 5.92 Å². The molecule has 0 saturated heterocycles. The molecule has 1 rings (SSSR count). The van der Waals surface area contributed by atoms with E-state index in [0.29, 0.717) is 19.5 Å². The maximum atomic E-state index is 13.9. The smallest absolute Gasteiger partial charge is 0.408 e. The Labute approximate surface area is 206 Å². The highest BCUT2D eigenvalue weighted by molar-refractivity contribution is 5.92. The molecule has 0 fully saturated rings. The van der Waals surface area contributed by atoms with Gasteiger partial charge in [-0.25, -0.2) is 4.79 Å². The van der Waals surface area contributed by atoms with Crippen LogP contribution in [0.3, 0.4) is 0 Å². The van der Waals surface area contributed by atoms with Gasteiger partial charge in [-0.05, 0) is 70.6 Å². The van der Waals surface area contributed by atoms with Gasteiger partial charge in [-0.1, -0.05) is 51.8 Å². The summed E-state index contributed by atoms with van der Waals surface area (Å²) in [5.74, 6) is -0.641. The molecule has 0 radical (unpaired) electrons. The molecule has 1 aromatic rings. The van der Waals surface area contributed by atoms with Gasteiger partial charge in [0.15, 0.2) is 0 Å². The predicted molar refractivity (Wildman–Crippen MR) is 137 cm³/mol. The van der Waals surface area contributed by atoms with Crippen LogP contribution in [0.5, 0.6) is 0 Å². The van der Waals surface area contributed by atoms with Crippen molar-refractivity contribution in [3.63, 3.8) is 0 Å². The van der Waals surface area contributed by atoms with E-state index in [1.807, 2.05) is 52.8 Å². The van der Waals surface area contributed by atoms with E-state index in [-0.39, 0.29) is 17.7 Å². The first-order valence-corrected chi connectivity index (χ1v) is 12.5. The minimum atomic E-state index is -0.810. The van der Waals surface area contributed by atoms with E-state index < -0.39 is 23.8 Å². The van der Waals surface area contributed by atoms with Crippen molar-refractivity contribution in [1.82, 2.24) is 15.5 Å². The van der Waals surface area contributed by atoms with Crippen LogP contribution >= 0.6 is 0 Å². The minimum absolute atomic E-state index is 0.143. The van der Waals surface area contributed by atoms with E-state index in [0.717, 1.165) is 29.5 Å². The zero-order valence-electron chi connectivity index (χ0n) is 22.6. The number of likely N-dealkylation sites (N-methyl/N-ethyl adjacent to an activating group) is 1. The second-order valence-electron chi connectivity index (χ2n) is 9.99. The second kappa shape index (κ2) is 13.4. The van der Waals surface area contributed by atoms with Crippen LogP contribution in [0.2, 0.25) is 0 Å². The lowest BCUT2D eigenvalue weighted by Crippen LogP contribution is -2.55. The van der Waals surface area contributed by atoms with Gasteiger partial charge in [0.25, 0.3) is 0 Å². The lowest BCUT2D eigenvalue weighted by Gasteiger charge is -2.36. The predicted octanol–water partition coefficient (Wildman–Crippen LogP) is 5.05. The number of carbonyl (C=O) groups is 3. The molecule has 2 N–H and O–H groups in total. The number of carbonyl (C=O) groups excluding carboxylic acids is 3. The normalized spacial score (nSPS) is 14.0. The average molecular weight is 476 g/mol.